The maximum Gasteiger partial charge on any atom is 0.280 e. The van der Waals surface area contributed by atoms with Crippen LogP contribution in [0.25, 0.3) is 11.8 Å². The van der Waals surface area contributed by atoms with Crippen molar-refractivity contribution in [2.75, 3.05) is 5.01 Å². The van der Waals surface area contributed by atoms with E-state index in [0.29, 0.717) is 5.57 Å². The average Bonchev–Trinajstić information content (AvgIpc) is 3.14. The highest BCUT2D eigenvalue weighted by molar-refractivity contribution is 6.32. The fourth-order valence-electron chi connectivity index (χ4n) is 3.85. The summed E-state index contributed by atoms with van der Waals surface area (Å²) in [5.74, 6) is -0.0924. The van der Waals surface area contributed by atoms with Gasteiger partial charge in [0.25, 0.3) is 5.91 Å². The lowest BCUT2D eigenvalue weighted by molar-refractivity contribution is -0.114. The summed E-state index contributed by atoms with van der Waals surface area (Å²) in [4.78, 5) is 13.0. The third-order valence-electron chi connectivity index (χ3n) is 5.44. The molecule has 4 nitrogen and oxygen atoms in total. The van der Waals surface area contributed by atoms with Crippen LogP contribution in [0.5, 0.6) is 0 Å². The van der Waals surface area contributed by atoms with Gasteiger partial charge in [0.2, 0.25) is 0 Å². The summed E-state index contributed by atoms with van der Waals surface area (Å²) in [5.41, 5.74) is 9.07. The van der Waals surface area contributed by atoms with E-state index in [2.05, 4.69) is 61.6 Å². The highest BCUT2D eigenvalue weighted by Gasteiger charge is 2.29. The molecule has 4 rings (SSSR count). The molecule has 146 valence electrons. The van der Waals surface area contributed by atoms with Crippen LogP contribution in [0.15, 0.2) is 65.3 Å². The second-order valence-corrected chi connectivity index (χ2v) is 7.65. The predicted octanol–water partition coefficient (Wildman–Crippen LogP) is 5.52. The zero-order chi connectivity index (χ0) is 20.7. The molecular weight excluding hydrogens is 358 g/mol. The Morgan fingerprint density at radius 3 is 2.34 bits per heavy atom. The minimum atomic E-state index is -0.0924. The van der Waals surface area contributed by atoms with E-state index in [0.717, 1.165) is 28.4 Å². The van der Waals surface area contributed by atoms with Crippen LogP contribution in [0, 0.1) is 27.7 Å². The van der Waals surface area contributed by atoms with E-state index < -0.39 is 0 Å². The summed E-state index contributed by atoms with van der Waals surface area (Å²) in [7, 11) is 0. The van der Waals surface area contributed by atoms with Crippen LogP contribution in [0.1, 0.15) is 35.0 Å². The van der Waals surface area contributed by atoms with E-state index in [1.807, 2.05) is 43.3 Å². The van der Waals surface area contributed by atoms with E-state index in [-0.39, 0.29) is 5.91 Å². The number of carbonyl (C=O) groups is 1. The summed E-state index contributed by atoms with van der Waals surface area (Å²) in [5, 5.41) is 5.96. The number of aromatic nitrogens is 1. The molecule has 0 saturated carbocycles. The molecule has 0 fully saturated rings. The van der Waals surface area contributed by atoms with Gasteiger partial charge >= 0.3 is 0 Å². The number of anilines is 1. The van der Waals surface area contributed by atoms with Crippen molar-refractivity contribution in [3.05, 3.63) is 88.2 Å². The van der Waals surface area contributed by atoms with Crippen LogP contribution >= 0.6 is 0 Å². The highest BCUT2D eigenvalue weighted by Crippen LogP contribution is 2.28. The maximum atomic E-state index is 13.0. The summed E-state index contributed by atoms with van der Waals surface area (Å²) >= 11 is 0. The smallest absolute Gasteiger partial charge is 0.280 e. The second-order valence-electron chi connectivity index (χ2n) is 7.65. The number of hydrazone groups is 1. The Morgan fingerprint density at radius 2 is 1.62 bits per heavy atom. The average molecular weight is 383 g/mol. The molecule has 0 aliphatic carbocycles. The molecule has 0 unspecified atom stereocenters. The molecule has 1 amide bonds. The molecule has 4 heteroatoms. The van der Waals surface area contributed by atoms with Gasteiger partial charge in [0.05, 0.1) is 17.0 Å². The third-order valence-corrected chi connectivity index (χ3v) is 5.44. The molecule has 0 N–H and O–H groups in total. The summed E-state index contributed by atoms with van der Waals surface area (Å²) < 4.78 is 2.26. The minimum absolute atomic E-state index is 0.0924. The number of amides is 1. The van der Waals surface area contributed by atoms with Crippen molar-refractivity contribution in [3.63, 3.8) is 0 Å². The first kappa shape index (κ1) is 18.9. The molecule has 0 saturated heterocycles. The van der Waals surface area contributed by atoms with Gasteiger partial charge in [0.1, 0.15) is 0 Å². The zero-order valence-corrected chi connectivity index (χ0v) is 17.5. The second kappa shape index (κ2) is 7.21. The fourth-order valence-corrected chi connectivity index (χ4v) is 3.85. The fraction of sp³-hybridized carbons (Fsp3) is 0.200. The number of nitrogens with zero attached hydrogens (tertiary/aromatic N) is 3. The van der Waals surface area contributed by atoms with Gasteiger partial charge in [0, 0.05) is 17.1 Å². The van der Waals surface area contributed by atoms with Gasteiger partial charge in [-0.25, -0.2) is 0 Å². The molecule has 2 heterocycles. The molecule has 0 spiro atoms. The number of hydrogen-bond donors (Lipinski definition) is 0. The van der Waals surface area contributed by atoms with Gasteiger partial charge in [-0.1, -0.05) is 30.3 Å². The first-order chi connectivity index (χ1) is 13.9. The molecular formula is C25H25N3O. The van der Waals surface area contributed by atoms with Crippen LogP contribution in [-0.4, -0.2) is 16.2 Å². The highest BCUT2D eigenvalue weighted by atomic mass is 16.2. The molecule has 1 aliphatic rings. The summed E-state index contributed by atoms with van der Waals surface area (Å²) in [6.45, 7) is 10.3. The number of carbonyl (C=O) groups excluding carboxylic acids is 1. The van der Waals surface area contributed by atoms with Crippen LogP contribution < -0.4 is 5.01 Å². The molecule has 29 heavy (non-hydrogen) atoms. The van der Waals surface area contributed by atoms with Gasteiger partial charge in [-0.2, -0.15) is 10.1 Å². The van der Waals surface area contributed by atoms with Gasteiger partial charge in [-0.15, -0.1) is 0 Å². The van der Waals surface area contributed by atoms with E-state index in [1.165, 1.54) is 21.8 Å². The normalized spacial score (nSPS) is 15.3. The van der Waals surface area contributed by atoms with Crippen LogP contribution in [0.4, 0.5) is 5.69 Å². The van der Waals surface area contributed by atoms with Crippen molar-refractivity contribution < 1.29 is 4.79 Å². The van der Waals surface area contributed by atoms with Crippen molar-refractivity contribution in [1.29, 1.82) is 0 Å². The van der Waals surface area contributed by atoms with Crippen molar-refractivity contribution in [2.45, 2.75) is 34.6 Å². The predicted molar refractivity (Wildman–Crippen MR) is 120 cm³/mol. The lowest BCUT2D eigenvalue weighted by atomic mass is 10.1. The maximum absolute atomic E-state index is 13.0. The Hall–Kier alpha value is -3.40. The largest absolute Gasteiger partial charge is 0.318 e. The van der Waals surface area contributed by atoms with Gasteiger partial charge in [-0.3, -0.25) is 4.79 Å². The van der Waals surface area contributed by atoms with Crippen LogP contribution in [-0.2, 0) is 4.79 Å². The Morgan fingerprint density at radius 1 is 0.897 bits per heavy atom. The number of rotatable bonds is 3. The monoisotopic (exact) mass is 383 g/mol. The topological polar surface area (TPSA) is 37.6 Å². The number of hydrogen-bond acceptors (Lipinski definition) is 2. The Kier molecular flexibility index (Phi) is 4.71. The lowest BCUT2D eigenvalue weighted by Crippen LogP contribution is -2.21. The van der Waals surface area contributed by atoms with Crippen LogP contribution in [0.2, 0.25) is 0 Å². The Labute approximate surface area is 171 Å². The SMILES string of the molecule is CC1=NN(c2ccccc2)C(=O)/C1=C/c1cc(C)n(-c2cc(C)ccc2C)c1C. The van der Waals surface area contributed by atoms with Crippen molar-refractivity contribution >= 4 is 23.4 Å². The lowest BCUT2D eigenvalue weighted by Gasteiger charge is -2.14. The van der Waals surface area contributed by atoms with Crippen molar-refractivity contribution in [2.24, 2.45) is 5.10 Å². The Balaban J connectivity index is 1.76. The minimum Gasteiger partial charge on any atom is -0.318 e. The van der Waals surface area contributed by atoms with Gasteiger partial charge in [0.15, 0.2) is 0 Å². The summed E-state index contributed by atoms with van der Waals surface area (Å²) in [6.07, 6.45) is 1.97. The molecule has 1 aliphatic heterocycles. The van der Waals surface area contributed by atoms with Crippen LogP contribution in [0.3, 0.4) is 0 Å². The Bertz CT molecular complexity index is 1170. The molecule has 1 aromatic heterocycles. The molecule has 0 atom stereocenters. The third kappa shape index (κ3) is 3.31. The van der Waals surface area contributed by atoms with Crippen molar-refractivity contribution in [3.8, 4) is 5.69 Å². The van der Waals surface area contributed by atoms with E-state index in [4.69, 9.17) is 0 Å². The van der Waals surface area contributed by atoms with E-state index in [1.54, 1.807) is 0 Å². The molecule has 2 aromatic carbocycles. The number of aryl methyl sites for hydroxylation is 3. The summed E-state index contributed by atoms with van der Waals surface area (Å²) in [6, 6.07) is 18.2. The molecule has 0 radical (unpaired) electrons. The van der Waals surface area contributed by atoms with Gasteiger partial charge in [-0.05, 0) is 81.7 Å². The molecule has 3 aromatic rings. The zero-order valence-electron chi connectivity index (χ0n) is 17.5. The first-order valence-electron chi connectivity index (χ1n) is 9.80. The standard InChI is InChI=1S/C25H25N3O/c1-16-11-12-17(2)24(13-16)27-18(3)14-21(20(27)5)15-23-19(4)26-28(25(23)29)22-9-7-6-8-10-22/h6-15H,1-5H3/b23-15+. The first-order valence-corrected chi connectivity index (χ1v) is 9.80. The molecule has 0 bridgehead atoms. The number of benzene rings is 2. The van der Waals surface area contributed by atoms with E-state index >= 15 is 0 Å². The quantitative estimate of drug-likeness (QED) is 0.549. The number of para-hydroxylation sites is 1. The van der Waals surface area contributed by atoms with Gasteiger partial charge < -0.3 is 4.57 Å². The van der Waals surface area contributed by atoms with Crippen molar-refractivity contribution in [1.82, 2.24) is 4.57 Å². The van der Waals surface area contributed by atoms with E-state index in [9.17, 15) is 4.79 Å².